The standard InChI is InChI=1S/C18H25IO8/c1-7-10(8(2)20)14(23-4)17(25-6)15(11(7)19)27-18-13(22)16(24-5)12(21)9(3)26-18/h9,12-13,16,18,21-22H,1-6H3/t9-,12-,13+,16+,18-/m0/s1. The minimum absolute atomic E-state index is 0.169. The van der Waals surface area contributed by atoms with Gasteiger partial charge in [-0.1, -0.05) is 0 Å². The Kier molecular flexibility index (Phi) is 7.31. The maximum absolute atomic E-state index is 12.1. The van der Waals surface area contributed by atoms with E-state index in [-0.39, 0.29) is 23.0 Å². The van der Waals surface area contributed by atoms with Crippen molar-refractivity contribution in [3.8, 4) is 17.2 Å². The molecule has 2 N–H and O–H groups in total. The van der Waals surface area contributed by atoms with Crippen molar-refractivity contribution in [3.05, 3.63) is 14.7 Å². The van der Waals surface area contributed by atoms with Crippen LogP contribution in [0, 0.1) is 10.5 Å². The number of ether oxygens (including phenoxy) is 5. The fourth-order valence-corrected chi connectivity index (χ4v) is 3.81. The molecule has 1 aromatic rings. The van der Waals surface area contributed by atoms with Crippen LogP contribution in [0.5, 0.6) is 17.2 Å². The third kappa shape index (κ3) is 4.02. The fourth-order valence-electron chi connectivity index (χ4n) is 3.17. The first-order valence-electron chi connectivity index (χ1n) is 8.35. The Balaban J connectivity index is 2.53. The first-order valence-corrected chi connectivity index (χ1v) is 9.43. The van der Waals surface area contributed by atoms with E-state index >= 15 is 0 Å². The molecule has 0 aromatic heterocycles. The third-order valence-electron chi connectivity index (χ3n) is 4.59. The molecule has 152 valence electrons. The predicted molar refractivity (Wildman–Crippen MR) is 105 cm³/mol. The summed E-state index contributed by atoms with van der Waals surface area (Å²) in [5, 5.41) is 20.6. The van der Waals surface area contributed by atoms with Gasteiger partial charge in [-0.2, -0.15) is 0 Å². The molecule has 0 saturated carbocycles. The number of carbonyl (C=O) groups is 1. The zero-order valence-corrected chi connectivity index (χ0v) is 18.3. The van der Waals surface area contributed by atoms with Gasteiger partial charge in [0.15, 0.2) is 17.3 Å². The highest BCUT2D eigenvalue weighted by atomic mass is 127. The van der Waals surface area contributed by atoms with Crippen LogP contribution >= 0.6 is 22.6 Å². The lowest BCUT2D eigenvalue weighted by atomic mass is 9.99. The summed E-state index contributed by atoms with van der Waals surface area (Å²) in [7, 11) is 4.26. The first kappa shape index (κ1) is 22.2. The minimum Gasteiger partial charge on any atom is -0.492 e. The zero-order chi connectivity index (χ0) is 20.5. The second-order valence-corrected chi connectivity index (χ2v) is 7.35. The molecule has 0 unspecified atom stereocenters. The van der Waals surface area contributed by atoms with E-state index < -0.39 is 30.7 Å². The number of methoxy groups -OCH3 is 3. The summed E-state index contributed by atoms with van der Waals surface area (Å²) in [6, 6.07) is 0. The van der Waals surface area contributed by atoms with Gasteiger partial charge in [0, 0.05) is 7.11 Å². The van der Waals surface area contributed by atoms with Crippen molar-refractivity contribution >= 4 is 28.4 Å². The molecular weight excluding hydrogens is 471 g/mol. The predicted octanol–water partition coefficient (Wildman–Crippen LogP) is 1.68. The Morgan fingerprint density at radius 1 is 1.07 bits per heavy atom. The molecular formula is C18H25IO8. The zero-order valence-electron chi connectivity index (χ0n) is 16.1. The molecule has 0 amide bonds. The van der Waals surface area contributed by atoms with Crippen LogP contribution in [-0.2, 0) is 9.47 Å². The lowest BCUT2D eigenvalue weighted by Gasteiger charge is -2.40. The van der Waals surface area contributed by atoms with Crippen LogP contribution in [0.25, 0.3) is 0 Å². The van der Waals surface area contributed by atoms with Gasteiger partial charge in [-0.25, -0.2) is 0 Å². The van der Waals surface area contributed by atoms with Crippen molar-refractivity contribution in [1.82, 2.24) is 0 Å². The van der Waals surface area contributed by atoms with E-state index in [4.69, 9.17) is 23.7 Å². The average molecular weight is 496 g/mol. The van der Waals surface area contributed by atoms with Gasteiger partial charge in [-0.15, -0.1) is 0 Å². The Labute approximate surface area is 171 Å². The monoisotopic (exact) mass is 496 g/mol. The minimum atomic E-state index is -1.24. The van der Waals surface area contributed by atoms with E-state index in [0.717, 1.165) is 0 Å². The number of halogens is 1. The highest BCUT2D eigenvalue weighted by molar-refractivity contribution is 14.1. The molecule has 2 rings (SSSR count). The largest absolute Gasteiger partial charge is 0.492 e. The normalized spacial score (nSPS) is 28.0. The van der Waals surface area contributed by atoms with Gasteiger partial charge in [-0.3, -0.25) is 4.79 Å². The number of benzene rings is 1. The van der Waals surface area contributed by atoms with Crippen LogP contribution in [0.15, 0.2) is 0 Å². The number of hydrogen-bond donors (Lipinski definition) is 2. The van der Waals surface area contributed by atoms with Gasteiger partial charge in [0.25, 0.3) is 0 Å². The summed E-state index contributed by atoms with van der Waals surface area (Å²) in [4.78, 5) is 12.1. The van der Waals surface area contributed by atoms with E-state index in [2.05, 4.69) is 0 Å². The topological polar surface area (TPSA) is 104 Å². The van der Waals surface area contributed by atoms with Crippen LogP contribution < -0.4 is 14.2 Å². The van der Waals surface area contributed by atoms with Crippen LogP contribution in [0.3, 0.4) is 0 Å². The quantitative estimate of drug-likeness (QED) is 0.453. The van der Waals surface area contributed by atoms with Gasteiger partial charge in [0.05, 0.1) is 29.5 Å². The van der Waals surface area contributed by atoms with Crippen molar-refractivity contribution in [2.75, 3.05) is 21.3 Å². The summed E-state index contributed by atoms with van der Waals surface area (Å²) in [6.45, 7) is 4.88. The highest BCUT2D eigenvalue weighted by Crippen LogP contribution is 2.46. The summed E-state index contributed by atoms with van der Waals surface area (Å²) in [5.41, 5.74) is 1.06. The second-order valence-electron chi connectivity index (χ2n) is 6.27. The lowest BCUT2D eigenvalue weighted by Crippen LogP contribution is -2.59. The van der Waals surface area contributed by atoms with Gasteiger partial charge in [0.2, 0.25) is 12.0 Å². The van der Waals surface area contributed by atoms with E-state index in [1.165, 1.54) is 28.3 Å². The van der Waals surface area contributed by atoms with E-state index in [9.17, 15) is 15.0 Å². The van der Waals surface area contributed by atoms with Crippen LogP contribution in [0.1, 0.15) is 29.8 Å². The summed E-state index contributed by atoms with van der Waals surface area (Å²) < 4.78 is 28.2. The number of carbonyl (C=O) groups excluding carboxylic acids is 1. The highest BCUT2D eigenvalue weighted by Gasteiger charge is 2.45. The Morgan fingerprint density at radius 3 is 2.15 bits per heavy atom. The fraction of sp³-hybridized carbons (Fsp3) is 0.611. The number of ketones is 1. The molecule has 5 atom stereocenters. The lowest BCUT2D eigenvalue weighted by molar-refractivity contribution is -0.273. The van der Waals surface area contributed by atoms with Crippen LogP contribution in [-0.4, -0.2) is 68.0 Å². The van der Waals surface area contributed by atoms with Crippen molar-refractivity contribution in [2.24, 2.45) is 0 Å². The van der Waals surface area contributed by atoms with Gasteiger partial charge in [-0.05, 0) is 48.9 Å². The van der Waals surface area contributed by atoms with Gasteiger partial charge >= 0.3 is 0 Å². The molecule has 1 aliphatic rings. The smallest absolute Gasteiger partial charge is 0.229 e. The number of aliphatic hydroxyl groups is 2. The number of hydrogen-bond acceptors (Lipinski definition) is 8. The molecule has 9 heteroatoms. The molecule has 8 nitrogen and oxygen atoms in total. The number of Topliss-reactive ketones (excluding diaryl/α,β-unsaturated/α-hetero) is 1. The molecule has 1 aromatic carbocycles. The molecule has 0 aliphatic carbocycles. The Morgan fingerprint density at radius 2 is 1.67 bits per heavy atom. The van der Waals surface area contributed by atoms with Gasteiger partial charge < -0.3 is 33.9 Å². The molecule has 1 saturated heterocycles. The molecule has 0 radical (unpaired) electrons. The molecule has 0 spiro atoms. The molecule has 1 fully saturated rings. The molecule has 27 heavy (non-hydrogen) atoms. The number of rotatable bonds is 6. The van der Waals surface area contributed by atoms with E-state index in [1.807, 2.05) is 22.6 Å². The van der Waals surface area contributed by atoms with Crippen LogP contribution in [0.2, 0.25) is 0 Å². The maximum atomic E-state index is 12.1. The SMILES string of the molecule is COc1c(O[C@@H]2O[C@@H](C)[C@H](O)[C@@H](OC)[C@H]2O)c(I)c(C)c(C(C)=O)c1OC. The maximum Gasteiger partial charge on any atom is 0.229 e. The van der Waals surface area contributed by atoms with Crippen molar-refractivity contribution in [2.45, 2.75) is 51.5 Å². The van der Waals surface area contributed by atoms with Crippen molar-refractivity contribution in [3.63, 3.8) is 0 Å². The summed E-state index contributed by atoms with van der Waals surface area (Å²) >= 11 is 2.04. The van der Waals surface area contributed by atoms with E-state index in [1.54, 1.807) is 13.8 Å². The first-order chi connectivity index (χ1) is 12.7. The third-order valence-corrected chi connectivity index (χ3v) is 5.89. The summed E-state index contributed by atoms with van der Waals surface area (Å²) in [5.74, 6) is 0.582. The molecule has 1 heterocycles. The second kappa shape index (κ2) is 8.91. The average Bonchev–Trinajstić information content (AvgIpc) is 2.63. The Hall–Kier alpha value is -1.14. The van der Waals surface area contributed by atoms with Gasteiger partial charge in [0.1, 0.15) is 18.3 Å². The van der Waals surface area contributed by atoms with Crippen LogP contribution in [0.4, 0.5) is 0 Å². The molecule has 0 bridgehead atoms. The molecule has 1 aliphatic heterocycles. The Bertz CT molecular complexity index is 707. The van der Waals surface area contributed by atoms with E-state index in [0.29, 0.717) is 14.7 Å². The van der Waals surface area contributed by atoms with Crippen molar-refractivity contribution < 1.29 is 38.7 Å². The summed E-state index contributed by atoms with van der Waals surface area (Å²) in [6.07, 6.45) is -4.83. The van der Waals surface area contributed by atoms with Crippen molar-refractivity contribution in [1.29, 1.82) is 0 Å². The number of aliphatic hydroxyl groups excluding tert-OH is 2.